The second-order valence-electron chi connectivity index (χ2n) is 7.08. The van der Waals surface area contributed by atoms with Gasteiger partial charge in [-0.05, 0) is 24.5 Å². The molecule has 3 heterocycles. The van der Waals surface area contributed by atoms with Gasteiger partial charge in [-0.25, -0.2) is 4.39 Å². The third kappa shape index (κ3) is 3.81. The van der Waals surface area contributed by atoms with Crippen LogP contribution in [0.1, 0.15) is 43.1 Å². The van der Waals surface area contributed by atoms with Crippen LogP contribution in [0.5, 0.6) is 0 Å². The number of likely N-dealkylation sites (tertiary alicyclic amines) is 1. The molecule has 1 atom stereocenters. The first kappa shape index (κ1) is 18.3. The molecule has 0 spiro atoms. The summed E-state index contributed by atoms with van der Waals surface area (Å²) >= 11 is 0. The third-order valence-corrected chi connectivity index (χ3v) is 5.06. The fourth-order valence-electron chi connectivity index (χ4n) is 3.60. The van der Waals surface area contributed by atoms with Crippen molar-refractivity contribution in [3.8, 4) is 11.5 Å². The molecule has 3 aromatic rings. The molecular weight excluding hydrogens is 361 g/mol. The molecule has 28 heavy (non-hydrogen) atoms. The predicted octanol–water partition coefficient (Wildman–Crippen LogP) is 3.30. The molecule has 0 unspecified atom stereocenters. The molecule has 1 saturated heterocycles. The van der Waals surface area contributed by atoms with Gasteiger partial charge in [0, 0.05) is 19.8 Å². The first-order valence-electron chi connectivity index (χ1n) is 9.47. The highest BCUT2D eigenvalue weighted by Gasteiger charge is 2.31. The Labute approximate surface area is 162 Å². The van der Waals surface area contributed by atoms with Crippen LogP contribution in [0.15, 0.2) is 41.2 Å². The smallest absolute Gasteiger partial charge is 0.261 e. The number of hydrogen-bond donors (Lipinski definition) is 0. The van der Waals surface area contributed by atoms with Gasteiger partial charge in [-0.1, -0.05) is 36.2 Å². The Morgan fingerprint density at radius 2 is 2.14 bits per heavy atom. The summed E-state index contributed by atoms with van der Waals surface area (Å²) in [5.41, 5.74) is 1.14. The second kappa shape index (κ2) is 7.92. The van der Waals surface area contributed by atoms with Crippen LogP contribution >= 0.6 is 0 Å². The lowest BCUT2D eigenvalue weighted by atomic mass is 10.1. The summed E-state index contributed by atoms with van der Waals surface area (Å²) in [5.74, 6) is 0.391. The van der Waals surface area contributed by atoms with Crippen LogP contribution in [0, 0.1) is 5.82 Å². The predicted molar refractivity (Wildman–Crippen MR) is 99.5 cm³/mol. The number of nitrogens with zero attached hydrogens (tertiary/aromatic N) is 5. The van der Waals surface area contributed by atoms with Crippen LogP contribution in [0.4, 0.5) is 4.39 Å². The van der Waals surface area contributed by atoms with Gasteiger partial charge < -0.3 is 9.42 Å². The van der Waals surface area contributed by atoms with Crippen LogP contribution in [-0.2, 0) is 18.3 Å². The number of aryl methyl sites for hydroxylation is 1. The van der Waals surface area contributed by atoms with E-state index in [-0.39, 0.29) is 24.2 Å². The zero-order valence-corrected chi connectivity index (χ0v) is 15.7. The van der Waals surface area contributed by atoms with Crippen molar-refractivity contribution in [3.05, 3.63) is 53.9 Å². The average Bonchev–Trinajstić information content (AvgIpc) is 3.26. The second-order valence-corrected chi connectivity index (χ2v) is 7.08. The SMILES string of the molecule is Cn1cc(-c2nc([C@@H]3CCCCCN3C(=O)Cc3ccccc3F)no2)cn1. The molecule has 1 aliphatic rings. The molecule has 0 aliphatic carbocycles. The Balaban J connectivity index is 1.58. The Hall–Kier alpha value is -3.03. The van der Waals surface area contributed by atoms with Crippen molar-refractivity contribution in [2.24, 2.45) is 7.05 Å². The topological polar surface area (TPSA) is 77.0 Å². The Kier molecular flexibility index (Phi) is 5.18. The molecule has 4 rings (SSSR count). The first-order chi connectivity index (χ1) is 13.6. The minimum atomic E-state index is -0.361. The zero-order chi connectivity index (χ0) is 19.5. The molecule has 0 saturated carbocycles. The summed E-state index contributed by atoms with van der Waals surface area (Å²) < 4.78 is 21.1. The molecule has 8 heteroatoms. The highest BCUT2D eigenvalue weighted by atomic mass is 19.1. The number of carbonyl (C=O) groups is 1. The molecule has 1 aliphatic heterocycles. The fourth-order valence-corrected chi connectivity index (χ4v) is 3.60. The van der Waals surface area contributed by atoms with Gasteiger partial charge in [0.1, 0.15) is 5.82 Å². The summed E-state index contributed by atoms with van der Waals surface area (Å²) in [6, 6.07) is 6.12. The van der Waals surface area contributed by atoms with Crippen LogP contribution in [0.3, 0.4) is 0 Å². The minimum Gasteiger partial charge on any atom is -0.334 e. The summed E-state index contributed by atoms with van der Waals surface area (Å²) in [5, 5.41) is 8.25. The largest absolute Gasteiger partial charge is 0.334 e. The van der Waals surface area contributed by atoms with Crippen molar-refractivity contribution >= 4 is 5.91 Å². The van der Waals surface area contributed by atoms with E-state index < -0.39 is 0 Å². The van der Waals surface area contributed by atoms with E-state index in [0.29, 0.717) is 23.8 Å². The monoisotopic (exact) mass is 383 g/mol. The average molecular weight is 383 g/mol. The Morgan fingerprint density at radius 1 is 1.29 bits per heavy atom. The maximum Gasteiger partial charge on any atom is 0.261 e. The summed E-state index contributed by atoms with van der Waals surface area (Å²) in [7, 11) is 1.81. The number of halogens is 1. The Morgan fingerprint density at radius 3 is 2.93 bits per heavy atom. The normalized spacial score (nSPS) is 17.5. The molecular formula is C20H22FN5O2. The summed E-state index contributed by atoms with van der Waals surface area (Å²) in [6.45, 7) is 0.606. The van der Waals surface area contributed by atoms with Gasteiger partial charge in [0.05, 0.1) is 24.2 Å². The number of hydrogen-bond acceptors (Lipinski definition) is 5. The molecule has 2 aromatic heterocycles. The quantitative estimate of drug-likeness (QED) is 0.691. The number of amides is 1. The lowest BCUT2D eigenvalue weighted by Crippen LogP contribution is -2.36. The molecule has 0 bridgehead atoms. The molecule has 1 amide bonds. The van der Waals surface area contributed by atoms with Gasteiger partial charge >= 0.3 is 0 Å². The van der Waals surface area contributed by atoms with E-state index in [9.17, 15) is 9.18 Å². The third-order valence-electron chi connectivity index (χ3n) is 5.06. The van der Waals surface area contributed by atoms with Crippen LogP contribution < -0.4 is 0 Å². The lowest BCUT2D eigenvalue weighted by Gasteiger charge is -2.28. The standard InChI is InChI=1S/C20H22FN5O2/c1-25-13-15(12-22-25)20-23-19(24-28-20)17-9-3-2-6-10-26(17)18(27)11-14-7-4-5-8-16(14)21/h4-5,7-8,12-13,17H,2-3,6,9-11H2,1H3/t17-/m0/s1. The van der Waals surface area contributed by atoms with Gasteiger partial charge in [-0.2, -0.15) is 10.1 Å². The van der Waals surface area contributed by atoms with Gasteiger partial charge in [-0.15, -0.1) is 0 Å². The molecule has 0 N–H and O–H groups in total. The van der Waals surface area contributed by atoms with Gasteiger partial charge in [-0.3, -0.25) is 9.48 Å². The lowest BCUT2D eigenvalue weighted by molar-refractivity contribution is -0.133. The van der Waals surface area contributed by atoms with Crippen LogP contribution in [-0.4, -0.2) is 37.3 Å². The van der Waals surface area contributed by atoms with E-state index >= 15 is 0 Å². The maximum atomic E-state index is 14.0. The van der Waals surface area contributed by atoms with Crippen molar-refractivity contribution in [1.82, 2.24) is 24.8 Å². The minimum absolute atomic E-state index is 0.0243. The molecule has 146 valence electrons. The van der Waals surface area contributed by atoms with Gasteiger partial charge in [0.2, 0.25) is 5.91 Å². The van der Waals surface area contributed by atoms with Crippen molar-refractivity contribution in [2.75, 3.05) is 6.54 Å². The first-order valence-corrected chi connectivity index (χ1v) is 9.47. The molecule has 0 radical (unpaired) electrons. The summed E-state index contributed by atoms with van der Waals surface area (Å²) in [4.78, 5) is 19.3. The zero-order valence-electron chi connectivity index (χ0n) is 15.7. The number of carbonyl (C=O) groups excluding carboxylic acids is 1. The van der Waals surface area contributed by atoms with Crippen LogP contribution in [0.25, 0.3) is 11.5 Å². The van der Waals surface area contributed by atoms with E-state index in [1.165, 1.54) is 6.07 Å². The molecule has 1 fully saturated rings. The van der Waals surface area contributed by atoms with Gasteiger partial charge in [0.25, 0.3) is 5.89 Å². The maximum absolute atomic E-state index is 14.0. The number of benzene rings is 1. The van der Waals surface area contributed by atoms with Crippen LogP contribution in [0.2, 0.25) is 0 Å². The fraction of sp³-hybridized carbons (Fsp3) is 0.400. The highest BCUT2D eigenvalue weighted by molar-refractivity contribution is 5.79. The number of aromatic nitrogens is 4. The van der Waals surface area contributed by atoms with Crippen molar-refractivity contribution in [1.29, 1.82) is 0 Å². The van der Waals surface area contributed by atoms with E-state index in [2.05, 4.69) is 15.2 Å². The number of rotatable bonds is 4. The summed E-state index contributed by atoms with van der Waals surface area (Å²) in [6.07, 6.45) is 7.16. The van der Waals surface area contributed by atoms with Crippen molar-refractivity contribution < 1.29 is 13.7 Å². The van der Waals surface area contributed by atoms with E-state index in [4.69, 9.17) is 4.52 Å². The van der Waals surface area contributed by atoms with Crippen molar-refractivity contribution in [3.63, 3.8) is 0 Å². The Bertz CT molecular complexity index is 967. The molecule has 1 aromatic carbocycles. The van der Waals surface area contributed by atoms with Crippen molar-refractivity contribution in [2.45, 2.75) is 38.1 Å². The molecule has 7 nitrogen and oxygen atoms in total. The van der Waals surface area contributed by atoms with E-state index in [0.717, 1.165) is 31.2 Å². The highest BCUT2D eigenvalue weighted by Crippen LogP contribution is 2.30. The van der Waals surface area contributed by atoms with E-state index in [1.807, 2.05) is 7.05 Å². The van der Waals surface area contributed by atoms with Gasteiger partial charge in [0.15, 0.2) is 5.82 Å². The van der Waals surface area contributed by atoms with E-state index in [1.54, 1.807) is 40.2 Å².